The SMILES string of the molecule is Nc1nc2cc(F)ccc2n1CCc1cccnc1. The van der Waals surface area contributed by atoms with Crippen LogP contribution in [0.15, 0.2) is 42.7 Å². The molecule has 3 aromatic rings. The molecule has 0 aliphatic heterocycles. The number of aryl methyl sites for hydroxylation is 2. The first-order valence-electron chi connectivity index (χ1n) is 6.04. The van der Waals surface area contributed by atoms with Gasteiger partial charge in [0.15, 0.2) is 0 Å². The number of hydrogen-bond donors (Lipinski definition) is 1. The standard InChI is InChI=1S/C14H13FN4/c15-11-3-4-13-12(8-11)18-14(16)19(13)7-5-10-2-1-6-17-9-10/h1-4,6,8-9H,5,7H2,(H2,16,18). The van der Waals surface area contributed by atoms with E-state index in [2.05, 4.69) is 9.97 Å². The lowest BCUT2D eigenvalue weighted by Crippen LogP contribution is -2.05. The van der Waals surface area contributed by atoms with E-state index in [0.29, 0.717) is 18.0 Å². The minimum atomic E-state index is -0.301. The van der Waals surface area contributed by atoms with Gasteiger partial charge in [-0.05, 0) is 30.2 Å². The molecule has 1 aromatic carbocycles. The minimum absolute atomic E-state index is 0.301. The predicted molar refractivity (Wildman–Crippen MR) is 72.0 cm³/mol. The Bertz CT molecular complexity index is 706. The third kappa shape index (κ3) is 2.27. The van der Waals surface area contributed by atoms with Gasteiger partial charge in [-0.1, -0.05) is 6.07 Å². The van der Waals surface area contributed by atoms with Crippen LogP contribution in [0.5, 0.6) is 0 Å². The molecule has 2 heterocycles. The average molecular weight is 256 g/mol. The highest BCUT2D eigenvalue weighted by atomic mass is 19.1. The number of anilines is 1. The van der Waals surface area contributed by atoms with Gasteiger partial charge in [0.2, 0.25) is 5.95 Å². The molecule has 0 aliphatic carbocycles. The Labute approximate surface area is 109 Å². The van der Waals surface area contributed by atoms with Crippen molar-refractivity contribution in [3.8, 4) is 0 Å². The number of aromatic nitrogens is 3. The zero-order valence-electron chi connectivity index (χ0n) is 10.3. The van der Waals surface area contributed by atoms with Crippen molar-refractivity contribution in [2.45, 2.75) is 13.0 Å². The molecule has 0 saturated carbocycles. The molecule has 0 saturated heterocycles. The topological polar surface area (TPSA) is 56.7 Å². The van der Waals surface area contributed by atoms with Crippen molar-refractivity contribution in [1.29, 1.82) is 0 Å². The van der Waals surface area contributed by atoms with E-state index in [1.807, 2.05) is 22.9 Å². The summed E-state index contributed by atoms with van der Waals surface area (Å²) in [5.74, 6) is 0.105. The lowest BCUT2D eigenvalue weighted by molar-refractivity contribution is 0.629. The van der Waals surface area contributed by atoms with E-state index < -0.39 is 0 Å². The zero-order valence-corrected chi connectivity index (χ0v) is 10.3. The van der Waals surface area contributed by atoms with E-state index in [9.17, 15) is 4.39 Å². The van der Waals surface area contributed by atoms with Crippen LogP contribution in [0.2, 0.25) is 0 Å². The quantitative estimate of drug-likeness (QED) is 0.782. The van der Waals surface area contributed by atoms with Crippen LogP contribution in [-0.2, 0) is 13.0 Å². The lowest BCUT2D eigenvalue weighted by Gasteiger charge is -2.06. The Kier molecular flexibility index (Phi) is 2.87. The second-order valence-corrected chi connectivity index (χ2v) is 4.37. The van der Waals surface area contributed by atoms with Crippen LogP contribution < -0.4 is 5.73 Å². The fourth-order valence-electron chi connectivity index (χ4n) is 2.14. The van der Waals surface area contributed by atoms with Gasteiger partial charge in [0, 0.05) is 25.0 Å². The number of halogens is 1. The molecule has 2 N–H and O–H groups in total. The number of nitrogens with zero attached hydrogens (tertiary/aromatic N) is 3. The number of nitrogens with two attached hydrogens (primary N) is 1. The normalized spacial score (nSPS) is 11.0. The highest BCUT2D eigenvalue weighted by Crippen LogP contribution is 2.19. The number of hydrogen-bond acceptors (Lipinski definition) is 3. The van der Waals surface area contributed by atoms with Crippen molar-refractivity contribution in [1.82, 2.24) is 14.5 Å². The van der Waals surface area contributed by atoms with Gasteiger partial charge < -0.3 is 10.3 Å². The third-order valence-corrected chi connectivity index (χ3v) is 3.09. The Hall–Kier alpha value is -2.43. The van der Waals surface area contributed by atoms with Gasteiger partial charge in [-0.3, -0.25) is 4.98 Å². The first-order valence-corrected chi connectivity index (χ1v) is 6.04. The maximum Gasteiger partial charge on any atom is 0.201 e. The fraction of sp³-hybridized carbons (Fsp3) is 0.143. The molecule has 19 heavy (non-hydrogen) atoms. The van der Waals surface area contributed by atoms with Crippen LogP contribution in [0.4, 0.5) is 10.3 Å². The summed E-state index contributed by atoms with van der Waals surface area (Å²) >= 11 is 0. The van der Waals surface area contributed by atoms with Gasteiger partial charge in [-0.2, -0.15) is 0 Å². The molecule has 0 aliphatic rings. The highest BCUT2D eigenvalue weighted by molar-refractivity contribution is 5.78. The second-order valence-electron chi connectivity index (χ2n) is 4.37. The average Bonchev–Trinajstić information content (AvgIpc) is 2.72. The summed E-state index contributed by atoms with van der Waals surface area (Å²) in [5.41, 5.74) is 8.45. The molecule has 0 atom stereocenters. The summed E-state index contributed by atoms with van der Waals surface area (Å²) in [4.78, 5) is 8.25. The molecule has 4 nitrogen and oxygen atoms in total. The van der Waals surface area contributed by atoms with Crippen LogP contribution in [0, 0.1) is 5.82 Å². The molecule has 5 heteroatoms. The zero-order chi connectivity index (χ0) is 13.2. The molecule has 3 rings (SSSR count). The molecule has 0 bridgehead atoms. The van der Waals surface area contributed by atoms with E-state index >= 15 is 0 Å². The third-order valence-electron chi connectivity index (χ3n) is 3.09. The van der Waals surface area contributed by atoms with Gasteiger partial charge in [-0.15, -0.1) is 0 Å². The number of pyridine rings is 1. The first kappa shape index (κ1) is 11.6. The Balaban J connectivity index is 1.90. The summed E-state index contributed by atoms with van der Waals surface area (Å²) in [6, 6.07) is 8.44. The second kappa shape index (κ2) is 4.68. The van der Waals surface area contributed by atoms with Crippen molar-refractivity contribution in [3.05, 3.63) is 54.1 Å². The smallest absolute Gasteiger partial charge is 0.201 e. The van der Waals surface area contributed by atoms with E-state index in [1.165, 1.54) is 12.1 Å². The van der Waals surface area contributed by atoms with Crippen molar-refractivity contribution < 1.29 is 4.39 Å². The fourth-order valence-corrected chi connectivity index (χ4v) is 2.14. The van der Waals surface area contributed by atoms with Crippen LogP contribution in [-0.4, -0.2) is 14.5 Å². The number of benzene rings is 1. The summed E-state index contributed by atoms with van der Waals surface area (Å²) < 4.78 is 15.0. The maximum atomic E-state index is 13.1. The molecule has 96 valence electrons. The van der Waals surface area contributed by atoms with Crippen molar-refractivity contribution in [2.24, 2.45) is 0 Å². The molecule has 0 radical (unpaired) electrons. The molecule has 2 aromatic heterocycles. The number of imidazole rings is 1. The lowest BCUT2D eigenvalue weighted by atomic mass is 10.2. The monoisotopic (exact) mass is 256 g/mol. The van der Waals surface area contributed by atoms with Crippen molar-refractivity contribution in [3.63, 3.8) is 0 Å². The van der Waals surface area contributed by atoms with E-state index in [0.717, 1.165) is 17.5 Å². The van der Waals surface area contributed by atoms with E-state index in [1.54, 1.807) is 12.3 Å². The van der Waals surface area contributed by atoms with Crippen molar-refractivity contribution >= 4 is 17.0 Å². The van der Waals surface area contributed by atoms with Crippen LogP contribution in [0.3, 0.4) is 0 Å². The summed E-state index contributed by atoms with van der Waals surface area (Å²) in [7, 11) is 0. The molecule has 0 unspecified atom stereocenters. The molecular formula is C14H13FN4. The molecular weight excluding hydrogens is 243 g/mol. The van der Waals surface area contributed by atoms with E-state index in [4.69, 9.17) is 5.73 Å². The number of nitrogen functional groups attached to an aromatic ring is 1. The van der Waals surface area contributed by atoms with Gasteiger partial charge in [0.1, 0.15) is 5.82 Å². The first-order chi connectivity index (χ1) is 9.24. The molecule has 0 amide bonds. The van der Waals surface area contributed by atoms with Gasteiger partial charge in [-0.25, -0.2) is 9.37 Å². The number of rotatable bonds is 3. The van der Waals surface area contributed by atoms with Crippen LogP contribution in [0.25, 0.3) is 11.0 Å². The maximum absolute atomic E-state index is 13.1. The number of fused-ring (bicyclic) bond motifs is 1. The Morgan fingerprint density at radius 2 is 2.16 bits per heavy atom. The largest absolute Gasteiger partial charge is 0.369 e. The summed E-state index contributed by atoms with van der Waals surface area (Å²) in [6.45, 7) is 0.694. The van der Waals surface area contributed by atoms with Crippen molar-refractivity contribution in [2.75, 3.05) is 5.73 Å². The van der Waals surface area contributed by atoms with Gasteiger partial charge in [0.25, 0.3) is 0 Å². The van der Waals surface area contributed by atoms with Crippen LogP contribution >= 0.6 is 0 Å². The Morgan fingerprint density at radius 3 is 2.95 bits per heavy atom. The van der Waals surface area contributed by atoms with Crippen LogP contribution in [0.1, 0.15) is 5.56 Å². The molecule has 0 spiro atoms. The predicted octanol–water partition coefficient (Wildman–Crippen LogP) is 2.40. The Morgan fingerprint density at radius 1 is 1.26 bits per heavy atom. The molecule has 0 fully saturated rings. The van der Waals surface area contributed by atoms with Gasteiger partial charge in [0.05, 0.1) is 11.0 Å². The van der Waals surface area contributed by atoms with E-state index in [-0.39, 0.29) is 5.82 Å². The summed E-state index contributed by atoms with van der Waals surface area (Å²) in [5, 5.41) is 0. The highest BCUT2D eigenvalue weighted by Gasteiger charge is 2.08. The minimum Gasteiger partial charge on any atom is -0.369 e. The van der Waals surface area contributed by atoms with Gasteiger partial charge >= 0.3 is 0 Å². The summed E-state index contributed by atoms with van der Waals surface area (Å²) in [6.07, 6.45) is 4.38.